The van der Waals surface area contributed by atoms with Crippen LogP contribution in [-0.2, 0) is 4.79 Å². The molecule has 1 N–H and O–H groups in total. The van der Waals surface area contributed by atoms with Crippen LogP contribution < -0.4 is 19.7 Å². The van der Waals surface area contributed by atoms with Gasteiger partial charge >= 0.3 is 0 Å². The van der Waals surface area contributed by atoms with E-state index in [0.29, 0.717) is 34.9 Å². The third kappa shape index (κ3) is 5.22. The number of hydrogen-bond acceptors (Lipinski definition) is 5. The van der Waals surface area contributed by atoms with Gasteiger partial charge in [-0.15, -0.1) is 0 Å². The molecule has 0 saturated carbocycles. The number of nitriles is 1. The zero-order valence-corrected chi connectivity index (χ0v) is 15.5. The molecule has 2 amide bonds. The average molecular weight is 367 g/mol. The summed E-state index contributed by atoms with van der Waals surface area (Å²) in [5, 5.41) is 11.6. The molecule has 2 rings (SSSR count). The number of rotatable bonds is 7. The molecular formula is C20H21N3O4. The molecule has 2 aromatic rings. The Morgan fingerprint density at radius 3 is 2.15 bits per heavy atom. The van der Waals surface area contributed by atoms with Crippen LogP contribution in [0.4, 0.5) is 5.69 Å². The highest BCUT2D eigenvalue weighted by Crippen LogP contribution is 2.22. The molecule has 140 valence electrons. The second-order valence-corrected chi connectivity index (χ2v) is 5.69. The highest BCUT2D eigenvalue weighted by atomic mass is 16.5. The van der Waals surface area contributed by atoms with Gasteiger partial charge in [-0.2, -0.15) is 5.26 Å². The molecule has 0 heterocycles. The first-order valence-corrected chi connectivity index (χ1v) is 8.28. The Morgan fingerprint density at radius 2 is 1.67 bits per heavy atom. The molecule has 0 radical (unpaired) electrons. The first-order valence-electron chi connectivity index (χ1n) is 8.28. The lowest BCUT2D eigenvalue weighted by Gasteiger charge is -2.21. The van der Waals surface area contributed by atoms with E-state index in [1.165, 1.54) is 26.0 Å². The number of ether oxygens (including phenoxy) is 2. The van der Waals surface area contributed by atoms with Gasteiger partial charge in [0, 0.05) is 37.3 Å². The minimum Gasteiger partial charge on any atom is -0.497 e. The standard InChI is InChI=1S/C20H21N3O4/c1-14(24)23(17-6-4-15(13-21)5-7-17)9-8-22-20(25)16-10-18(26-2)12-19(11-16)27-3/h4-7,10-12H,8-9H2,1-3H3,(H,22,25). The monoisotopic (exact) mass is 367 g/mol. The molecule has 27 heavy (non-hydrogen) atoms. The van der Waals surface area contributed by atoms with Crippen molar-refractivity contribution in [3.05, 3.63) is 53.6 Å². The zero-order chi connectivity index (χ0) is 19.8. The summed E-state index contributed by atoms with van der Waals surface area (Å²) in [7, 11) is 3.03. The van der Waals surface area contributed by atoms with Gasteiger partial charge in [-0.3, -0.25) is 9.59 Å². The molecule has 0 aliphatic rings. The van der Waals surface area contributed by atoms with Gasteiger partial charge in [0.05, 0.1) is 25.9 Å². The number of benzene rings is 2. The first-order chi connectivity index (χ1) is 13.0. The molecule has 7 nitrogen and oxygen atoms in total. The van der Waals surface area contributed by atoms with Gasteiger partial charge in [0.1, 0.15) is 11.5 Å². The van der Waals surface area contributed by atoms with Gasteiger partial charge in [0.2, 0.25) is 5.91 Å². The molecule has 0 saturated heterocycles. The van der Waals surface area contributed by atoms with Crippen molar-refractivity contribution in [2.45, 2.75) is 6.92 Å². The summed E-state index contributed by atoms with van der Waals surface area (Å²) in [6, 6.07) is 13.6. The highest BCUT2D eigenvalue weighted by molar-refractivity contribution is 5.95. The Hall–Kier alpha value is -3.53. The van der Waals surface area contributed by atoms with Crippen LogP contribution in [0.1, 0.15) is 22.8 Å². The summed E-state index contributed by atoms with van der Waals surface area (Å²) in [5.41, 5.74) is 1.58. The van der Waals surface area contributed by atoms with Crippen molar-refractivity contribution in [2.75, 3.05) is 32.2 Å². The molecular weight excluding hydrogens is 346 g/mol. The fourth-order valence-corrected chi connectivity index (χ4v) is 2.51. The second kappa shape index (κ2) is 9.25. The van der Waals surface area contributed by atoms with Crippen molar-refractivity contribution < 1.29 is 19.1 Å². The normalized spacial score (nSPS) is 9.85. The number of carbonyl (C=O) groups excluding carboxylic acids is 2. The van der Waals surface area contributed by atoms with Crippen molar-refractivity contribution in [3.8, 4) is 17.6 Å². The van der Waals surface area contributed by atoms with E-state index in [-0.39, 0.29) is 18.4 Å². The number of carbonyl (C=O) groups is 2. The molecule has 0 unspecified atom stereocenters. The Bertz CT molecular complexity index is 834. The van der Waals surface area contributed by atoms with Gasteiger partial charge in [-0.25, -0.2) is 0 Å². The summed E-state index contributed by atoms with van der Waals surface area (Å²) < 4.78 is 10.3. The van der Waals surface area contributed by atoms with Crippen LogP contribution in [0.25, 0.3) is 0 Å². The summed E-state index contributed by atoms with van der Waals surface area (Å²) in [5.74, 6) is 0.581. The van der Waals surface area contributed by atoms with Crippen LogP contribution in [0.15, 0.2) is 42.5 Å². The van der Waals surface area contributed by atoms with E-state index in [2.05, 4.69) is 5.32 Å². The molecule has 0 aliphatic carbocycles. The highest BCUT2D eigenvalue weighted by Gasteiger charge is 2.13. The number of nitrogens with zero attached hydrogens (tertiary/aromatic N) is 2. The van der Waals surface area contributed by atoms with Crippen molar-refractivity contribution in [1.29, 1.82) is 5.26 Å². The maximum absolute atomic E-state index is 12.4. The molecule has 0 atom stereocenters. The topological polar surface area (TPSA) is 91.7 Å². The predicted octanol–water partition coefficient (Wildman–Crippen LogP) is 2.36. The van der Waals surface area contributed by atoms with Crippen LogP contribution in [0.3, 0.4) is 0 Å². The third-order valence-corrected chi connectivity index (χ3v) is 3.92. The van der Waals surface area contributed by atoms with Gasteiger partial charge in [0.25, 0.3) is 5.91 Å². The first kappa shape index (κ1) is 19.8. The molecule has 0 aliphatic heterocycles. The number of anilines is 1. The van der Waals surface area contributed by atoms with E-state index in [1.807, 2.05) is 6.07 Å². The lowest BCUT2D eigenvalue weighted by molar-refractivity contribution is -0.116. The van der Waals surface area contributed by atoms with E-state index in [1.54, 1.807) is 42.5 Å². The molecule has 0 spiro atoms. The van der Waals surface area contributed by atoms with Gasteiger partial charge in [0.15, 0.2) is 0 Å². The van der Waals surface area contributed by atoms with E-state index < -0.39 is 0 Å². The van der Waals surface area contributed by atoms with E-state index >= 15 is 0 Å². The second-order valence-electron chi connectivity index (χ2n) is 5.69. The van der Waals surface area contributed by atoms with Crippen molar-refractivity contribution in [1.82, 2.24) is 5.32 Å². The third-order valence-electron chi connectivity index (χ3n) is 3.92. The fraction of sp³-hybridized carbons (Fsp3) is 0.250. The van der Waals surface area contributed by atoms with Crippen LogP contribution in [0, 0.1) is 11.3 Å². The summed E-state index contributed by atoms with van der Waals surface area (Å²) in [6.45, 7) is 2.01. The smallest absolute Gasteiger partial charge is 0.251 e. The minimum atomic E-state index is -0.296. The van der Waals surface area contributed by atoms with E-state index in [9.17, 15) is 9.59 Å². The summed E-state index contributed by atoms with van der Waals surface area (Å²) in [6.07, 6.45) is 0. The molecule has 7 heteroatoms. The van der Waals surface area contributed by atoms with Gasteiger partial charge in [-0.1, -0.05) is 0 Å². The van der Waals surface area contributed by atoms with Crippen molar-refractivity contribution in [3.63, 3.8) is 0 Å². The lowest BCUT2D eigenvalue weighted by Crippen LogP contribution is -2.37. The van der Waals surface area contributed by atoms with Gasteiger partial charge in [-0.05, 0) is 36.4 Å². The van der Waals surface area contributed by atoms with Crippen molar-refractivity contribution in [2.24, 2.45) is 0 Å². The predicted molar refractivity (Wildman–Crippen MR) is 101 cm³/mol. The van der Waals surface area contributed by atoms with Crippen LogP contribution in [-0.4, -0.2) is 39.1 Å². The Morgan fingerprint density at radius 1 is 1.07 bits per heavy atom. The van der Waals surface area contributed by atoms with Crippen LogP contribution in [0.5, 0.6) is 11.5 Å². The number of amides is 2. The Balaban J connectivity index is 2.03. The van der Waals surface area contributed by atoms with Crippen LogP contribution in [0.2, 0.25) is 0 Å². The van der Waals surface area contributed by atoms with E-state index in [4.69, 9.17) is 14.7 Å². The SMILES string of the molecule is COc1cc(OC)cc(C(=O)NCCN(C(C)=O)c2ccc(C#N)cc2)c1. The lowest BCUT2D eigenvalue weighted by atomic mass is 10.2. The maximum atomic E-state index is 12.4. The zero-order valence-electron chi connectivity index (χ0n) is 15.5. The Labute approximate surface area is 158 Å². The van der Waals surface area contributed by atoms with Gasteiger partial charge < -0.3 is 19.7 Å². The summed E-state index contributed by atoms with van der Waals surface area (Å²) in [4.78, 5) is 25.9. The Kier molecular flexibility index (Phi) is 6.78. The largest absolute Gasteiger partial charge is 0.497 e. The average Bonchev–Trinajstić information content (AvgIpc) is 2.70. The van der Waals surface area contributed by atoms with Crippen LogP contribution >= 0.6 is 0 Å². The fourth-order valence-electron chi connectivity index (χ4n) is 2.51. The number of methoxy groups -OCH3 is 2. The minimum absolute atomic E-state index is 0.156. The molecule has 0 aromatic heterocycles. The summed E-state index contributed by atoms with van der Waals surface area (Å²) >= 11 is 0. The molecule has 2 aromatic carbocycles. The maximum Gasteiger partial charge on any atom is 0.251 e. The number of nitrogens with one attached hydrogen (secondary N) is 1. The number of hydrogen-bond donors (Lipinski definition) is 1. The molecule has 0 fully saturated rings. The van der Waals surface area contributed by atoms with E-state index in [0.717, 1.165) is 0 Å². The molecule has 0 bridgehead atoms. The quantitative estimate of drug-likeness (QED) is 0.811. The van der Waals surface area contributed by atoms with Crippen molar-refractivity contribution >= 4 is 17.5 Å².